The summed E-state index contributed by atoms with van der Waals surface area (Å²) in [5, 5.41) is 0. The van der Waals surface area contributed by atoms with Crippen molar-refractivity contribution in [2.24, 2.45) is 11.8 Å². The molecule has 0 N–H and O–H groups in total. The summed E-state index contributed by atoms with van der Waals surface area (Å²) in [5.74, 6) is 0.188. The largest absolute Gasteiger partial charge is 0.497 e. The zero-order valence-electron chi connectivity index (χ0n) is 41.0. The highest BCUT2D eigenvalue weighted by molar-refractivity contribution is 9.11. The Labute approximate surface area is 394 Å². The van der Waals surface area contributed by atoms with Gasteiger partial charge in [0.15, 0.2) is 11.7 Å². The second kappa shape index (κ2) is 25.4. The van der Waals surface area contributed by atoms with Crippen molar-refractivity contribution < 1.29 is 46.8 Å². The molecule has 4 rings (SSSR count). The van der Waals surface area contributed by atoms with E-state index in [0.717, 1.165) is 35.2 Å². The minimum absolute atomic E-state index is 0.000843. The molecule has 2 fully saturated rings. The van der Waals surface area contributed by atoms with Gasteiger partial charge in [-0.3, -0.25) is 0 Å². The molecule has 0 aliphatic carbocycles. The van der Waals surface area contributed by atoms with Gasteiger partial charge in [-0.25, -0.2) is 4.98 Å². The SMILES string of the molecule is COc1ccc(CO[C@H]2[C@@H](C)[C@@H](CC=O)O[C@@H](/C(C)=C/c3coc(C[C@]4(OC)C[C@H](OC)C[C@H]([C@@H](/C=C(C)/C=C/[C@@H](C/C=C/Br)OC)O[Si](C(C)C)(C(C)C)C(C)C)O4)n3)[C@@H]2C)cc1. The summed E-state index contributed by atoms with van der Waals surface area (Å²) in [7, 11) is 4.41. The van der Waals surface area contributed by atoms with Crippen LogP contribution < -0.4 is 4.74 Å². The van der Waals surface area contributed by atoms with E-state index in [1.54, 1.807) is 34.7 Å². The van der Waals surface area contributed by atoms with E-state index in [1.807, 2.05) is 48.3 Å². The number of hydrogen-bond acceptors (Lipinski definition) is 11. The summed E-state index contributed by atoms with van der Waals surface area (Å²) in [6.45, 7) is 22.6. The van der Waals surface area contributed by atoms with Crippen molar-refractivity contribution >= 4 is 36.6 Å². The van der Waals surface area contributed by atoms with Crippen molar-refractivity contribution in [1.82, 2.24) is 4.98 Å². The summed E-state index contributed by atoms with van der Waals surface area (Å²) in [6.07, 6.45) is 13.7. The third-order valence-electron chi connectivity index (χ3n) is 13.4. The van der Waals surface area contributed by atoms with E-state index in [1.165, 1.54) is 0 Å². The molecule has 64 heavy (non-hydrogen) atoms. The van der Waals surface area contributed by atoms with Crippen LogP contribution in [0.15, 0.2) is 75.4 Å². The van der Waals surface area contributed by atoms with Crippen LogP contribution in [0.2, 0.25) is 16.6 Å². The molecule has 0 spiro atoms. The highest BCUT2D eigenvalue weighted by atomic mass is 79.9. The highest BCUT2D eigenvalue weighted by Gasteiger charge is 2.51. The molecular formula is C51H78BrNO10Si. The van der Waals surface area contributed by atoms with Crippen molar-refractivity contribution in [2.75, 3.05) is 28.4 Å². The maximum Gasteiger partial charge on any atom is 0.201 e. The van der Waals surface area contributed by atoms with Gasteiger partial charge in [-0.2, -0.15) is 0 Å². The van der Waals surface area contributed by atoms with Crippen molar-refractivity contribution in [1.29, 1.82) is 0 Å². The Hall–Kier alpha value is -2.72. The van der Waals surface area contributed by atoms with Crippen molar-refractivity contribution in [3.63, 3.8) is 0 Å². The number of hydrogen-bond donors (Lipinski definition) is 0. The fourth-order valence-corrected chi connectivity index (χ4v) is 15.8. The molecule has 10 atom stereocenters. The number of nitrogens with zero attached hydrogens (tertiary/aromatic N) is 1. The molecule has 2 aliphatic heterocycles. The maximum absolute atomic E-state index is 11.8. The van der Waals surface area contributed by atoms with E-state index < -0.39 is 14.1 Å². The van der Waals surface area contributed by atoms with Gasteiger partial charge in [0.25, 0.3) is 0 Å². The average molecular weight is 973 g/mol. The molecule has 358 valence electrons. The number of benzene rings is 1. The number of allylic oxidation sites excluding steroid dienone is 2. The molecule has 2 aromatic rings. The Morgan fingerprint density at radius 1 is 1.00 bits per heavy atom. The molecular weight excluding hydrogens is 895 g/mol. The summed E-state index contributed by atoms with van der Waals surface area (Å²) in [5.41, 5.74) is 4.81. The Balaban J connectivity index is 1.62. The average Bonchev–Trinajstić information content (AvgIpc) is 3.71. The number of rotatable bonds is 24. The van der Waals surface area contributed by atoms with Crippen LogP contribution in [0.5, 0.6) is 5.75 Å². The molecule has 0 amide bonds. The Morgan fingerprint density at radius 2 is 1.69 bits per heavy atom. The predicted octanol–water partition coefficient (Wildman–Crippen LogP) is 11.8. The summed E-state index contributed by atoms with van der Waals surface area (Å²) < 4.78 is 57.6. The van der Waals surface area contributed by atoms with Gasteiger partial charge in [-0.05, 0) is 71.2 Å². The second-order valence-corrected chi connectivity index (χ2v) is 24.6. The molecule has 2 saturated heterocycles. The van der Waals surface area contributed by atoms with Crippen LogP contribution in [-0.2, 0) is 50.7 Å². The number of halogens is 1. The number of aldehydes is 1. The van der Waals surface area contributed by atoms with Crippen LogP contribution in [0.1, 0.15) is 112 Å². The third-order valence-corrected chi connectivity index (χ3v) is 19.9. The van der Waals surface area contributed by atoms with Crippen LogP contribution in [0.25, 0.3) is 6.08 Å². The molecule has 11 nitrogen and oxygen atoms in total. The first kappa shape index (κ1) is 53.9. The number of oxazole rings is 1. The molecule has 3 heterocycles. The lowest BCUT2D eigenvalue weighted by atomic mass is 9.79. The van der Waals surface area contributed by atoms with Gasteiger partial charge in [-0.15, -0.1) is 0 Å². The predicted molar refractivity (Wildman–Crippen MR) is 260 cm³/mol. The van der Waals surface area contributed by atoms with Gasteiger partial charge in [0.05, 0.1) is 62.9 Å². The van der Waals surface area contributed by atoms with E-state index >= 15 is 0 Å². The first-order valence-electron chi connectivity index (χ1n) is 23.0. The fraction of sp³-hybridized carbons (Fsp3) is 0.647. The van der Waals surface area contributed by atoms with Crippen LogP contribution in [-0.4, -0.2) is 96.5 Å². The molecule has 0 radical (unpaired) electrons. The van der Waals surface area contributed by atoms with Crippen molar-refractivity contribution in [2.45, 2.75) is 173 Å². The van der Waals surface area contributed by atoms with E-state index in [-0.39, 0.29) is 67.4 Å². The number of ether oxygens (including phenoxy) is 7. The Morgan fingerprint density at radius 3 is 2.27 bits per heavy atom. The van der Waals surface area contributed by atoms with E-state index in [2.05, 4.69) is 96.5 Å². The molecule has 1 aromatic heterocycles. The van der Waals surface area contributed by atoms with Crippen LogP contribution in [0, 0.1) is 11.8 Å². The lowest BCUT2D eigenvalue weighted by molar-refractivity contribution is -0.297. The smallest absolute Gasteiger partial charge is 0.201 e. The van der Waals surface area contributed by atoms with Gasteiger partial charge >= 0.3 is 0 Å². The summed E-state index contributed by atoms with van der Waals surface area (Å²) in [4.78, 5) is 18.6. The first-order valence-corrected chi connectivity index (χ1v) is 26.1. The summed E-state index contributed by atoms with van der Waals surface area (Å²) >= 11 is 3.37. The van der Waals surface area contributed by atoms with E-state index in [4.69, 9.17) is 47.0 Å². The monoisotopic (exact) mass is 971 g/mol. The second-order valence-electron chi connectivity index (χ2n) is 18.7. The van der Waals surface area contributed by atoms with Crippen LogP contribution in [0.4, 0.5) is 0 Å². The molecule has 0 bridgehead atoms. The van der Waals surface area contributed by atoms with Gasteiger partial charge < -0.3 is 46.8 Å². The lowest BCUT2D eigenvalue weighted by Gasteiger charge is -2.49. The van der Waals surface area contributed by atoms with E-state index in [9.17, 15) is 4.79 Å². The maximum atomic E-state index is 11.8. The normalized spacial score (nSPS) is 27.3. The van der Waals surface area contributed by atoms with Crippen molar-refractivity contribution in [3.8, 4) is 5.75 Å². The molecule has 1 aromatic carbocycles. The van der Waals surface area contributed by atoms with E-state index in [0.29, 0.717) is 47.7 Å². The number of methoxy groups -OCH3 is 4. The Bertz CT molecular complexity index is 1820. The van der Waals surface area contributed by atoms with Gasteiger partial charge in [-0.1, -0.05) is 113 Å². The van der Waals surface area contributed by atoms with Gasteiger partial charge in [0.2, 0.25) is 8.32 Å². The lowest BCUT2D eigenvalue weighted by Crippen LogP contribution is -2.57. The number of aromatic nitrogens is 1. The standard InChI is InChI=1S/C51H78BrNO10Si/c1-33(2)64(34(3)4,35(5)6)63-47(26-36(7)17-20-42(55-11)16-15-24-52)46-28-44(57-13)29-51(58-14,62-46)30-48-53-41(32-59-48)27-37(8)49-39(10)50(38(9)45(61-49)23-25-54)60-31-40-18-21-43(56-12)22-19-40/h15,17-22,24-27,32-35,38-39,42,44-47,49-50H,16,23,28-31H2,1-14H3/b20-17+,24-15+,36-26+,37-27+/t38-,39-,42+,44+,45+,46+,47+,49-,50-,51-/m0/s1. The first-order chi connectivity index (χ1) is 30.5. The zero-order valence-corrected chi connectivity index (χ0v) is 43.6. The Kier molecular flexibility index (Phi) is 21.4. The van der Waals surface area contributed by atoms with Crippen molar-refractivity contribution in [3.05, 3.63) is 88.1 Å². The van der Waals surface area contributed by atoms with Gasteiger partial charge in [0, 0.05) is 52.4 Å². The molecule has 2 aliphatic rings. The number of carbonyl (C=O) groups excluding carboxylic acids is 1. The quantitative estimate of drug-likeness (QED) is 0.0568. The van der Waals surface area contributed by atoms with Crippen LogP contribution >= 0.6 is 15.9 Å². The summed E-state index contributed by atoms with van der Waals surface area (Å²) in [6, 6.07) is 7.88. The molecule has 0 unspecified atom stereocenters. The van der Waals surface area contributed by atoms with Crippen LogP contribution in [0.3, 0.4) is 0 Å². The minimum Gasteiger partial charge on any atom is -0.497 e. The highest BCUT2D eigenvalue weighted by Crippen LogP contribution is 2.46. The fourth-order valence-electron chi connectivity index (χ4n) is 10.1. The minimum atomic E-state index is -2.39. The number of carbonyl (C=O) groups is 1. The molecule has 0 saturated carbocycles. The van der Waals surface area contributed by atoms with Gasteiger partial charge in [0.1, 0.15) is 24.0 Å². The molecule has 13 heteroatoms. The topological polar surface area (TPSA) is 117 Å². The zero-order chi connectivity index (χ0) is 47.2. The third kappa shape index (κ3) is 13.9.